The van der Waals surface area contributed by atoms with E-state index >= 15 is 0 Å². The highest BCUT2D eigenvalue weighted by Crippen LogP contribution is 2.26. The lowest BCUT2D eigenvalue weighted by Gasteiger charge is -2.07. The van der Waals surface area contributed by atoms with E-state index in [0.717, 1.165) is 10.2 Å². The molecule has 0 amide bonds. The van der Waals surface area contributed by atoms with E-state index in [2.05, 4.69) is 37.3 Å². The first-order valence-corrected chi connectivity index (χ1v) is 5.52. The standard InChI is InChI=1S/C11H8BrN5/c12-8-3-7(5-13)1-2-9(8)17-11-4-10(14)15-6-16-11/h1-4,6H,(H3,14,15,16,17). The summed E-state index contributed by atoms with van der Waals surface area (Å²) in [5.41, 5.74) is 6.95. The van der Waals surface area contributed by atoms with E-state index in [1.54, 1.807) is 24.3 Å². The minimum Gasteiger partial charge on any atom is -0.384 e. The molecule has 0 spiro atoms. The minimum absolute atomic E-state index is 0.396. The maximum absolute atomic E-state index is 8.75. The van der Waals surface area contributed by atoms with E-state index in [4.69, 9.17) is 11.0 Å². The average Bonchev–Trinajstić information content (AvgIpc) is 2.32. The molecule has 1 aromatic heterocycles. The lowest BCUT2D eigenvalue weighted by atomic mass is 10.2. The number of nitrogens with two attached hydrogens (primary N) is 1. The summed E-state index contributed by atoms with van der Waals surface area (Å²) in [4.78, 5) is 7.83. The Morgan fingerprint density at radius 3 is 2.76 bits per heavy atom. The van der Waals surface area contributed by atoms with Gasteiger partial charge < -0.3 is 11.1 Å². The molecular weight excluding hydrogens is 282 g/mol. The normalized spacial score (nSPS) is 9.65. The second kappa shape index (κ2) is 4.80. The minimum atomic E-state index is 0.396. The zero-order valence-electron chi connectivity index (χ0n) is 8.68. The first kappa shape index (κ1) is 11.4. The molecule has 3 N–H and O–H groups in total. The molecule has 5 nitrogen and oxygen atoms in total. The SMILES string of the molecule is N#Cc1ccc(Nc2cc(N)ncn2)c(Br)c1. The molecule has 0 aliphatic heterocycles. The second-order valence-corrected chi connectivity index (χ2v) is 4.11. The van der Waals surface area contributed by atoms with Crippen molar-refractivity contribution in [1.29, 1.82) is 5.26 Å². The second-order valence-electron chi connectivity index (χ2n) is 3.26. The number of nitrogens with one attached hydrogen (secondary N) is 1. The van der Waals surface area contributed by atoms with Crippen LogP contribution in [-0.2, 0) is 0 Å². The molecule has 17 heavy (non-hydrogen) atoms. The molecule has 0 radical (unpaired) electrons. The molecule has 2 rings (SSSR count). The van der Waals surface area contributed by atoms with Gasteiger partial charge in [0.05, 0.1) is 17.3 Å². The molecule has 0 saturated heterocycles. The van der Waals surface area contributed by atoms with Gasteiger partial charge in [-0.25, -0.2) is 9.97 Å². The van der Waals surface area contributed by atoms with E-state index in [-0.39, 0.29) is 0 Å². The third-order valence-electron chi connectivity index (χ3n) is 2.05. The zero-order valence-corrected chi connectivity index (χ0v) is 10.3. The summed E-state index contributed by atoms with van der Waals surface area (Å²) in [5.74, 6) is 0.996. The van der Waals surface area contributed by atoms with Crippen LogP contribution in [0.5, 0.6) is 0 Å². The van der Waals surface area contributed by atoms with E-state index in [1.165, 1.54) is 6.33 Å². The molecule has 0 fully saturated rings. The number of nitrogens with zero attached hydrogens (tertiary/aromatic N) is 3. The summed E-state index contributed by atoms with van der Waals surface area (Å²) < 4.78 is 0.786. The molecular formula is C11H8BrN5. The monoisotopic (exact) mass is 289 g/mol. The molecule has 0 unspecified atom stereocenters. The topological polar surface area (TPSA) is 87.6 Å². The van der Waals surface area contributed by atoms with E-state index < -0.39 is 0 Å². The number of halogens is 1. The number of nitriles is 1. The Kier molecular flexibility index (Phi) is 3.21. The van der Waals surface area contributed by atoms with Gasteiger partial charge in [-0.2, -0.15) is 5.26 Å². The van der Waals surface area contributed by atoms with Gasteiger partial charge in [-0.1, -0.05) is 0 Å². The number of benzene rings is 1. The van der Waals surface area contributed by atoms with Crippen LogP contribution in [-0.4, -0.2) is 9.97 Å². The van der Waals surface area contributed by atoms with Crippen molar-refractivity contribution >= 4 is 33.3 Å². The van der Waals surface area contributed by atoms with Crippen LogP contribution < -0.4 is 11.1 Å². The number of aromatic nitrogens is 2. The molecule has 84 valence electrons. The van der Waals surface area contributed by atoms with Crippen molar-refractivity contribution in [2.45, 2.75) is 0 Å². The van der Waals surface area contributed by atoms with Crippen molar-refractivity contribution in [3.8, 4) is 6.07 Å². The van der Waals surface area contributed by atoms with Gasteiger partial charge in [0.2, 0.25) is 0 Å². The van der Waals surface area contributed by atoms with Gasteiger partial charge >= 0.3 is 0 Å². The molecule has 6 heteroatoms. The lowest BCUT2D eigenvalue weighted by Crippen LogP contribution is -1.98. The average molecular weight is 290 g/mol. The van der Waals surface area contributed by atoms with Crippen molar-refractivity contribution < 1.29 is 0 Å². The smallest absolute Gasteiger partial charge is 0.135 e. The van der Waals surface area contributed by atoms with Gasteiger partial charge in [-0.05, 0) is 34.1 Å². The summed E-state index contributed by atoms with van der Waals surface area (Å²) in [7, 11) is 0. The summed E-state index contributed by atoms with van der Waals surface area (Å²) in [6, 6.07) is 8.94. The van der Waals surface area contributed by atoms with E-state index in [9.17, 15) is 0 Å². The van der Waals surface area contributed by atoms with Crippen LogP contribution in [0.2, 0.25) is 0 Å². The molecule has 0 atom stereocenters. The van der Waals surface area contributed by atoms with Crippen LogP contribution in [0.3, 0.4) is 0 Å². The predicted octanol–water partition coefficient (Wildman–Crippen LogP) is 2.44. The fraction of sp³-hybridized carbons (Fsp3) is 0. The van der Waals surface area contributed by atoms with Gasteiger partial charge in [0, 0.05) is 10.5 Å². The summed E-state index contributed by atoms with van der Waals surface area (Å²) >= 11 is 3.38. The molecule has 0 saturated carbocycles. The molecule has 0 bridgehead atoms. The highest BCUT2D eigenvalue weighted by molar-refractivity contribution is 9.10. The number of rotatable bonds is 2. The molecule has 0 aliphatic rings. The first-order chi connectivity index (χ1) is 8.19. The van der Waals surface area contributed by atoms with Crippen molar-refractivity contribution in [2.75, 3.05) is 11.1 Å². The number of nitrogen functional groups attached to an aromatic ring is 1. The highest BCUT2D eigenvalue weighted by atomic mass is 79.9. The van der Waals surface area contributed by atoms with E-state index in [0.29, 0.717) is 17.2 Å². The van der Waals surface area contributed by atoms with Gasteiger partial charge in [-0.3, -0.25) is 0 Å². The fourth-order valence-corrected chi connectivity index (χ4v) is 1.74. The molecule has 0 aliphatic carbocycles. The first-order valence-electron chi connectivity index (χ1n) is 4.73. The maximum atomic E-state index is 8.75. The Bertz CT molecular complexity index is 591. The largest absolute Gasteiger partial charge is 0.384 e. The quantitative estimate of drug-likeness (QED) is 0.887. The summed E-state index contributed by atoms with van der Waals surface area (Å²) in [6.45, 7) is 0. The predicted molar refractivity (Wildman–Crippen MR) is 68.6 cm³/mol. The van der Waals surface area contributed by atoms with Crippen LogP contribution in [0.15, 0.2) is 35.1 Å². The van der Waals surface area contributed by atoms with Crippen LogP contribution in [0.1, 0.15) is 5.56 Å². The zero-order chi connectivity index (χ0) is 12.3. The third kappa shape index (κ3) is 2.71. The Morgan fingerprint density at radius 1 is 1.29 bits per heavy atom. The van der Waals surface area contributed by atoms with Crippen LogP contribution in [0.25, 0.3) is 0 Å². The number of hydrogen-bond donors (Lipinski definition) is 2. The van der Waals surface area contributed by atoms with Gasteiger partial charge in [-0.15, -0.1) is 0 Å². The lowest BCUT2D eigenvalue weighted by molar-refractivity contribution is 1.17. The van der Waals surface area contributed by atoms with Crippen molar-refractivity contribution in [3.63, 3.8) is 0 Å². The highest BCUT2D eigenvalue weighted by Gasteiger charge is 2.03. The molecule has 1 heterocycles. The third-order valence-corrected chi connectivity index (χ3v) is 2.71. The molecule has 2 aromatic rings. The Morgan fingerprint density at radius 2 is 2.12 bits per heavy atom. The molecule has 1 aromatic carbocycles. The van der Waals surface area contributed by atoms with Crippen LogP contribution >= 0.6 is 15.9 Å². The van der Waals surface area contributed by atoms with E-state index in [1.807, 2.05) is 0 Å². The van der Waals surface area contributed by atoms with Crippen molar-refractivity contribution in [3.05, 3.63) is 40.6 Å². The number of anilines is 3. The summed E-state index contributed by atoms with van der Waals surface area (Å²) in [5, 5.41) is 11.8. The Hall–Kier alpha value is -2.13. The van der Waals surface area contributed by atoms with Gasteiger partial charge in [0.15, 0.2) is 0 Å². The van der Waals surface area contributed by atoms with Gasteiger partial charge in [0.25, 0.3) is 0 Å². The van der Waals surface area contributed by atoms with Crippen molar-refractivity contribution in [1.82, 2.24) is 9.97 Å². The maximum Gasteiger partial charge on any atom is 0.135 e. The van der Waals surface area contributed by atoms with Gasteiger partial charge in [0.1, 0.15) is 18.0 Å². The summed E-state index contributed by atoms with van der Waals surface area (Å²) in [6.07, 6.45) is 1.38. The Labute approximate surface area is 106 Å². The van der Waals surface area contributed by atoms with Crippen molar-refractivity contribution in [2.24, 2.45) is 0 Å². The fourth-order valence-electron chi connectivity index (χ4n) is 1.26. The Balaban J connectivity index is 2.28. The van der Waals surface area contributed by atoms with Crippen LogP contribution in [0, 0.1) is 11.3 Å². The van der Waals surface area contributed by atoms with Crippen LogP contribution in [0.4, 0.5) is 17.3 Å². The number of hydrogen-bond acceptors (Lipinski definition) is 5.